The SMILES string of the molecule is Cc1cccc(Cc2ccc(O)cn2)c1. The highest BCUT2D eigenvalue weighted by Gasteiger charge is 1.98. The van der Waals surface area contributed by atoms with Crippen LogP contribution in [-0.2, 0) is 6.42 Å². The van der Waals surface area contributed by atoms with Gasteiger partial charge in [0.05, 0.1) is 6.20 Å². The van der Waals surface area contributed by atoms with Gasteiger partial charge in [0.25, 0.3) is 0 Å². The van der Waals surface area contributed by atoms with Crippen molar-refractivity contribution in [2.24, 2.45) is 0 Å². The first-order chi connectivity index (χ1) is 7.24. The van der Waals surface area contributed by atoms with E-state index in [4.69, 9.17) is 5.11 Å². The second kappa shape index (κ2) is 4.13. The molecule has 0 aliphatic heterocycles. The van der Waals surface area contributed by atoms with Crippen LogP contribution < -0.4 is 0 Å². The average molecular weight is 199 g/mol. The Morgan fingerprint density at radius 2 is 2.07 bits per heavy atom. The minimum atomic E-state index is 0.211. The molecule has 0 saturated heterocycles. The number of hydrogen-bond acceptors (Lipinski definition) is 2. The molecule has 76 valence electrons. The molecule has 15 heavy (non-hydrogen) atoms. The van der Waals surface area contributed by atoms with Gasteiger partial charge < -0.3 is 5.11 Å². The number of rotatable bonds is 2. The van der Waals surface area contributed by atoms with E-state index < -0.39 is 0 Å². The third-order valence-electron chi connectivity index (χ3n) is 2.28. The van der Waals surface area contributed by atoms with E-state index in [-0.39, 0.29) is 5.75 Å². The average Bonchev–Trinajstić information content (AvgIpc) is 2.22. The minimum absolute atomic E-state index is 0.211. The van der Waals surface area contributed by atoms with Gasteiger partial charge in [-0.3, -0.25) is 4.98 Å². The van der Waals surface area contributed by atoms with Crippen LogP contribution in [0.2, 0.25) is 0 Å². The van der Waals surface area contributed by atoms with Gasteiger partial charge in [-0.2, -0.15) is 0 Å². The van der Waals surface area contributed by atoms with Crippen LogP contribution in [0.1, 0.15) is 16.8 Å². The van der Waals surface area contributed by atoms with Crippen molar-refractivity contribution in [3.63, 3.8) is 0 Å². The largest absolute Gasteiger partial charge is 0.506 e. The van der Waals surface area contributed by atoms with Crippen LogP contribution in [0, 0.1) is 6.92 Å². The van der Waals surface area contributed by atoms with Crippen molar-refractivity contribution >= 4 is 0 Å². The lowest BCUT2D eigenvalue weighted by Gasteiger charge is -2.02. The summed E-state index contributed by atoms with van der Waals surface area (Å²) in [6.45, 7) is 2.08. The lowest BCUT2D eigenvalue weighted by atomic mass is 10.1. The maximum atomic E-state index is 9.10. The van der Waals surface area contributed by atoms with Crippen LogP contribution in [0.5, 0.6) is 5.75 Å². The molecule has 0 unspecified atom stereocenters. The summed E-state index contributed by atoms with van der Waals surface area (Å²) in [5.41, 5.74) is 3.47. The molecule has 0 fully saturated rings. The predicted molar refractivity (Wildman–Crippen MR) is 59.9 cm³/mol. The van der Waals surface area contributed by atoms with Crippen molar-refractivity contribution in [1.29, 1.82) is 0 Å². The van der Waals surface area contributed by atoms with Gasteiger partial charge in [0.15, 0.2) is 0 Å². The molecule has 2 aromatic rings. The third kappa shape index (κ3) is 2.56. The van der Waals surface area contributed by atoms with Crippen molar-refractivity contribution in [2.45, 2.75) is 13.3 Å². The molecule has 0 spiro atoms. The van der Waals surface area contributed by atoms with Gasteiger partial charge in [-0.25, -0.2) is 0 Å². The number of aryl methyl sites for hydroxylation is 1. The Labute approximate surface area is 89.2 Å². The molecule has 0 atom stereocenters. The fraction of sp³-hybridized carbons (Fsp3) is 0.154. The first kappa shape index (κ1) is 9.71. The minimum Gasteiger partial charge on any atom is -0.506 e. The number of hydrogen-bond donors (Lipinski definition) is 1. The summed E-state index contributed by atoms with van der Waals surface area (Å²) >= 11 is 0. The number of aromatic hydroxyl groups is 1. The second-order valence-corrected chi connectivity index (χ2v) is 3.67. The highest BCUT2D eigenvalue weighted by atomic mass is 16.3. The lowest BCUT2D eigenvalue weighted by Crippen LogP contribution is -1.91. The Hall–Kier alpha value is -1.83. The van der Waals surface area contributed by atoms with Crippen LogP contribution in [0.15, 0.2) is 42.6 Å². The molecule has 1 aromatic carbocycles. The predicted octanol–water partition coefficient (Wildman–Crippen LogP) is 2.69. The normalized spacial score (nSPS) is 10.2. The molecule has 0 amide bonds. The highest BCUT2D eigenvalue weighted by Crippen LogP contribution is 2.11. The zero-order valence-corrected chi connectivity index (χ0v) is 8.64. The highest BCUT2D eigenvalue weighted by molar-refractivity contribution is 5.27. The molecule has 2 nitrogen and oxygen atoms in total. The summed E-state index contributed by atoms with van der Waals surface area (Å²) in [4.78, 5) is 4.15. The van der Waals surface area contributed by atoms with E-state index in [1.54, 1.807) is 6.07 Å². The van der Waals surface area contributed by atoms with Crippen LogP contribution in [-0.4, -0.2) is 10.1 Å². The van der Waals surface area contributed by atoms with E-state index in [9.17, 15) is 0 Å². The zero-order valence-electron chi connectivity index (χ0n) is 8.64. The Balaban J connectivity index is 2.18. The van der Waals surface area contributed by atoms with E-state index in [1.165, 1.54) is 17.3 Å². The van der Waals surface area contributed by atoms with Gasteiger partial charge in [-0.1, -0.05) is 29.8 Å². The van der Waals surface area contributed by atoms with E-state index in [0.717, 1.165) is 12.1 Å². The van der Waals surface area contributed by atoms with Gasteiger partial charge in [0.1, 0.15) is 5.75 Å². The number of pyridine rings is 1. The fourth-order valence-corrected chi connectivity index (χ4v) is 1.55. The van der Waals surface area contributed by atoms with Gasteiger partial charge in [-0.05, 0) is 24.6 Å². The van der Waals surface area contributed by atoms with Gasteiger partial charge >= 0.3 is 0 Å². The number of benzene rings is 1. The van der Waals surface area contributed by atoms with E-state index >= 15 is 0 Å². The molecular weight excluding hydrogens is 186 g/mol. The first-order valence-corrected chi connectivity index (χ1v) is 4.93. The Bertz CT molecular complexity index is 448. The topological polar surface area (TPSA) is 33.1 Å². The summed E-state index contributed by atoms with van der Waals surface area (Å²) in [6.07, 6.45) is 2.28. The fourth-order valence-electron chi connectivity index (χ4n) is 1.55. The Morgan fingerprint density at radius 3 is 2.73 bits per heavy atom. The van der Waals surface area contributed by atoms with Gasteiger partial charge in [0, 0.05) is 12.1 Å². The smallest absolute Gasteiger partial charge is 0.133 e. The molecule has 0 aliphatic rings. The lowest BCUT2D eigenvalue weighted by molar-refractivity contribution is 0.472. The molecule has 2 rings (SSSR count). The molecule has 1 aromatic heterocycles. The van der Waals surface area contributed by atoms with Crippen molar-refractivity contribution in [3.05, 3.63) is 59.4 Å². The maximum Gasteiger partial charge on any atom is 0.133 e. The first-order valence-electron chi connectivity index (χ1n) is 4.93. The van der Waals surface area contributed by atoms with Crippen LogP contribution in [0.4, 0.5) is 0 Å². The molecule has 0 radical (unpaired) electrons. The third-order valence-corrected chi connectivity index (χ3v) is 2.28. The molecule has 1 N–H and O–H groups in total. The molecular formula is C13H13NO. The van der Waals surface area contributed by atoms with E-state index in [0.29, 0.717) is 0 Å². The molecule has 2 heteroatoms. The maximum absolute atomic E-state index is 9.10. The Morgan fingerprint density at radius 1 is 1.20 bits per heavy atom. The monoisotopic (exact) mass is 199 g/mol. The van der Waals surface area contributed by atoms with Crippen molar-refractivity contribution in [3.8, 4) is 5.75 Å². The standard InChI is InChI=1S/C13H13NO/c1-10-3-2-4-11(7-10)8-12-5-6-13(15)9-14-12/h2-7,9,15H,8H2,1H3. The Kier molecular flexibility index (Phi) is 2.68. The van der Waals surface area contributed by atoms with Crippen LogP contribution >= 0.6 is 0 Å². The summed E-state index contributed by atoms with van der Waals surface area (Å²) in [7, 11) is 0. The summed E-state index contributed by atoms with van der Waals surface area (Å²) in [5, 5.41) is 9.10. The van der Waals surface area contributed by atoms with E-state index in [2.05, 4.69) is 30.1 Å². The van der Waals surface area contributed by atoms with Crippen LogP contribution in [0.3, 0.4) is 0 Å². The number of nitrogens with zero attached hydrogens (tertiary/aromatic N) is 1. The zero-order chi connectivity index (χ0) is 10.7. The summed E-state index contributed by atoms with van der Waals surface area (Å²) in [5.74, 6) is 0.211. The van der Waals surface area contributed by atoms with Gasteiger partial charge in [-0.15, -0.1) is 0 Å². The summed E-state index contributed by atoms with van der Waals surface area (Å²) in [6, 6.07) is 11.9. The number of aromatic nitrogens is 1. The van der Waals surface area contributed by atoms with Crippen LogP contribution in [0.25, 0.3) is 0 Å². The van der Waals surface area contributed by atoms with E-state index in [1.807, 2.05) is 12.1 Å². The molecule has 1 heterocycles. The molecule has 0 aliphatic carbocycles. The van der Waals surface area contributed by atoms with Crippen molar-refractivity contribution in [1.82, 2.24) is 4.98 Å². The second-order valence-electron chi connectivity index (χ2n) is 3.67. The summed E-state index contributed by atoms with van der Waals surface area (Å²) < 4.78 is 0. The molecule has 0 saturated carbocycles. The van der Waals surface area contributed by atoms with Crippen molar-refractivity contribution < 1.29 is 5.11 Å². The van der Waals surface area contributed by atoms with Gasteiger partial charge in [0.2, 0.25) is 0 Å². The van der Waals surface area contributed by atoms with Crippen molar-refractivity contribution in [2.75, 3.05) is 0 Å². The molecule has 0 bridgehead atoms. The quantitative estimate of drug-likeness (QED) is 0.806.